The number of hydrogen-bond acceptors (Lipinski definition) is 3. The van der Waals surface area contributed by atoms with Crippen molar-refractivity contribution in [3.05, 3.63) is 23.8 Å². The van der Waals surface area contributed by atoms with Crippen molar-refractivity contribution >= 4 is 17.0 Å². The van der Waals surface area contributed by atoms with Crippen LogP contribution in [0, 0.1) is 0 Å². The molecule has 0 bridgehead atoms. The fraction of sp³-hybridized carbons (Fsp3) is 0.364. The third-order valence-electron chi connectivity index (χ3n) is 2.20. The minimum atomic E-state index is -2.08. The summed E-state index contributed by atoms with van der Waals surface area (Å²) in [6.07, 6.45) is 0.605. The van der Waals surface area contributed by atoms with E-state index in [1.807, 2.05) is 0 Å². The highest BCUT2D eigenvalue weighted by Crippen LogP contribution is 2.22. The quantitative estimate of drug-likeness (QED) is 0.770. The van der Waals surface area contributed by atoms with E-state index in [0.29, 0.717) is 18.7 Å². The summed E-state index contributed by atoms with van der Waals surface area (Å²) in [5.74, 6) is 0.290. The van der Waals surface area contributed by atoms with E-state index in [4.69, 9.17) is 9.29 Å². The van der Waals surface area contributed by atoms with Crippen molar-refractivity contribution in [2.45, 2.75) is 18.2 Å². The van der Waals surface area contributed by atoms with Gasteiger partial charge in [-0.05, 0) is 24.1 Å². The Balaban J connectivity index is 2.78. The molecule has 94 valence electrons. The maximum Gasteiger partial charge on any atom is 0.216 e. The summed E-state index contributed by atoms with van der Waals surface area (Å²) in [6.45, 7) is 1.95. The minimum absolute atomic E-state index is 0.0931. The Bertz CT molecular complexity index is 433. The molecule has 1 rings (SSSR count). The molecule has 0 aliphatic heterocycles. The fourth-order valence-electron chi connectivity index (χ4n) is 1.40. The molecule has 0 fully saturated rings. The largest absolute Gasteiger partial charge is 0.495 e. The number of benzene rings is 1. The van der Waals surface area contributed by atoms with Gasteiger partial charge in [0.15, 0.2) is 11.1 Å². The van der Waals surface area contributed by atoms with E-state index in [0.717, 1.165) is 5.56 Å². The molecule has 1 aromatic carbocycles. The summed E-state index contributed by atoms with van der Waals surface area (Å²) in [6, 6.07) is 5.06. The first-order valence-electron chi connectivity index (χ1n) is 5.07. The topological polar surface area (TPSA) is 75.6 Å². The molecule has 0 aromatic heterocycles. The molecule has 1 amide bonds. The Kier molecular flexibility index (Phi) is 5.11. The molecular weight excluding hydrogens is 242 g/mol. The summed E-state index contributed by atoms with van der Waals surface area (Å²) in [7, 11) is 1.45. The van der Waals surface area contributed by atoms with Crippen LogP contribution in [0.25, 0.3) is 0 Å². The first-order chi connectivity index (χ1) is 8.04. The van der Waals surface area contributed by atoms with Crippen molar-refractivity contribution in [1.29, 1.82) is 0 Å². The average molecular weight is 257 g/mol. The second kappa shape index (κ2) is 6.36. The maximum absolute atomic E-state index is 11.1. The average Bonchev–Trinajstić information content (AvgIpc) is 2.28. The molecule has 17 heavy (non-hydrogen) atoms. The van der Waals surface area contributed by atoms with Crippen LogP contribution in [0.2, 0.25) is 0 Å². The number of nitrogens with one attached hydrogen (secondary N) is 1. The zero-order valence-electron chi connectivity index (χ0n) is 9.73. The van der Waals surface area contributed by atoms with Crippen molar-refractivity contribution in [3.8, 4) is 5.75 Å². The van der Waals surface area contributed by atoms with Gasteiger partial charge in [0, 0.05) is 13.5 Å². The Morgan fingerprint density at radius 1 is 1.53 bits per heavy atom. The van der Waals surface area contributed by atoms with E-state index >= 15 is 0 Å². The lowest BCUT2D eigenvalue weighted by Crippen LogP contribution is -2.22. The van der Waals surface area contributed by atoms with Gasteiger partial charge in [0.25, 0.3) is 0 Å². The summed E-state index contributed by atoms with van der Waals surface area (Å²) in [5.41, 5.74) is 0.872. The number of carbonyl (C=O) groups excluding carboxylic acids is 1. The van der Waals surface area contributed by atoms with E-state index in [9.17, 15) is 9.00 Å². The van der Waals surface area contributed by atoms with Crippen LogP contribution in [0.15, 0.2) is 23.1 Å². The molecule has 0 saturated carbocycles. The van der Waals surface area contributed by atoms with Crippen molar-refractivity contribution in [2.24, 2.45) is 0 Å². The van der Waals surface area contributed by atoms with Gasteiger partial charge in [-0.15, -0.1) is 0 Å². The molecule has 0 heterocycles. The van der Waals surface area contributed by atoms with Crippen LogP contribution in [-0.2, 0) is 22.3 Å². The highest BCUT2D eigenvalue weighted by molar-refractivity contribution is 7.79. The second-order valence-corrected chi connectivity index (χ2v) is 4.41. The van der Waals surface area contributed by atoms with E-state index in [-0.39, 0.29) is 10.8 Å². The van der Waals surface area contributed by atoms with Gasteiger partial charge in [-0.25, -0.2) is 4.21 Å². The molecule has 1 unspecified atom stereocenters. The molecular formula is C11H15NO4S. The summed E-state index contributed by atoms with van der Waals surface area (Å²) < 4.78 is 25.2. The molecule has 0 aliphatic rings. The van der Waals surface area contributed by atoms with E-state index in [2.05, 4.69) is 5.32 Å². The summed E-state index contributed by atoms with van der Waals surface area (Å²) >= 11 is -2.08. The van der Waals surface area contributed by atoms with Gasteiger partial charge >= 0.3 is 0 Å². The van der Waals surface area contributed by atoms with Gasteiger partial charge in [-0.2, -0.15) is 0 Å². The highest BCUT2D eigenvalue weighted by Gasteiger charge is 2.09. The number of carbonyl (C=O) groups is 1. The Labute approximate surface area is 102 Å². The number of amides is 1. The molecule has 2 N–H and O–H groups in total. The van der Waals surface area contributed by atoms with Gasteiger partial charge in [0.2, 0.25) is 5.91 Å². The van der Waals surface area contributed by atoms with Gasteiger partial charge < -0.3 is 14.6 Å². The normalized spacial score (nSPS) is 11.9. The summed E-state index contributed by atoms with van der Waals surface area (Å²) in [5, 5.41) is 2.66. The van der Waals surface area contributed by atoms with Crippen LogP contribution < -0.4 is 10.1 Å². The number of ether oxygens (including phenoxy) is 1. The van der Waals surface area contributed by atoms with Gasteiger partial charge in [0.1, 0.15) is 10.6 Å². The third-order valence-corrected chi connectivity index (χ3v) is 2.90. The van der Waals surface area contributed by atoms with Crippen LogP contribution in [0.5, 0.6) is 5.75 Å². The Morgan fingerprint density at radius 3 is 2.76 bits per heavy atom. The van der Waals surface area contributed by atoms with Gasteiger partial charge in [-0.1, -0.05) is 6.07 Å². The predicted molar refractivity (Wildman–Crippen MR) is 64.4 cm³/mol. The van der Waals surface area contributed by atoms with Crippen molar-refractivity contribution < 1.29 is 18.3 Å². The molecule has 0 saturated heterocycles. The van der Waals surface area contributed by atoms with Crippen LogP contribution in [0.4, 0.5) is 0 Å². The molecule has 5 nitrogen and oxygen atoms in total. The molecule has 6 heteroatoms. The highest BCUT2D eigenvalue weighted by atomic mass is 32.2. The molecule has 0 aliphatic carbocycles. The zero-order chi connectivity index (χ0) is 12.8. The summed E-state index contributed by atoms with van der Waals surface area (Å²) in [4.78, 5) is 10.9. The van der Waals surface area contributed by atoms with E-state index < -0.39 is 11.1 Å². The zero-order valence-corrected chi connectivity index (χ0v) is 10.5. The van der Waals surface area contributed by atoms with Crippen LogP contribution >= 0.6 is 0 Å². The van der Waals surface area contributed by atoms with Gasteiger partial charge in [-0.3, -0.25) is 4.79 Å². The van der Waals surface area contributed by atoms with Crippen molar-refractivity contribution in [1.82, 2.24) is 5.32 Å². The monoisotopic (exact) mass is 257 g/mol. The fourth-order valence-corrected chi connectivity index (χ4v) is 1.97. The lowest BCUT2D eigenvalue weighted by atomic mass is 10.1. The third kappa shape index (κ3) is 4.16. The SMILES string of the molecule is COc1ccc(CCNC(C)=O)cc1S(=O)O. The lowest BCUT2D eigenvalue weighted by molar-refractivity contribution is -0.118. The smallest absolute Gasteiger partial charge is 0.216 e. The van der Waals surface area contributed by atoms with Crippen molar-refractivity contribution in [2.75, 3.05) is 13.7 Å². The van der Waals surface area contributed by atoms with Crippen LogP contribution in [0.1, 0.15) is 12.5 Å². The molecule has 0 radical (unpaired) electrons. The lowest BCUT2D eigenvalue weighted by Gasteiger charge is -2.08. The molecule has 1 aromatic rings. The number of methoxy groups -OCH3 is 1. The Hall–Kier alpha value is -1.40. The number of rotatable bonds is 5. The first kappa shape index (κ1) is 13.7. The second-order valence-electron chi connectivity index (χ2n) is 3.47. The number of hydrogen-bond donors (Lipinski definition) is 2. The van der Waals surface area contributed by atoms with Crippen LogP contribution in [0.3, 0.4) is 0 Å². The van der Waals surface area contributed by atoms with Crippen molar-refractivity contribution in [3.63, 3.8) is 0 Å². The minimum Gasteiger partial charge on any atom is -0.495 e. The molecule has 0 spiro atoms. The standard InChI is InChI=1S/C11H15NO4S/c1-8(13)12-6-5-9-3-4-10(16-2)11(7-9)17(14)15/h3-4,7H,5-6H2,1-2H3,(H,12,13)(H,14,15). The van der Waals surface area contributed by atoms with E-state index in [1.54, 1.807) is 18.2 Å². The predicted octanol–water partition coefficient (Wildman–Crippen LogP) is 0.954. The first-order valence-corrected chi connectivity index (χ1v) is 6.17. The van der Waals surface area contributed by atoms with E-state index in [1.165, 1.54) is 14.0 Å². The van der Waals surface area contributed by atoms with Gasteiger partial charge in [0.05, 0.1) is 7.11 Å². The van der Waals surface area contributed by atoms with Crippen LogP contribution in [-0.4, -0.2) is 28.3 Å². The maximum atomic E-state index is 11.1. The Morgan fingerprint density at radius 2 is 2.24 bits per heavy atom. The molecule has 1 atom stereocenters.